The molecule has 138 valence electrons. The van der Waals surface area contributed by atoms with Crippen LogP contribution in [0.5, 0.6) is 0 Å². The van der Waals surface area contributed by atoms with E-state index in [0.29, 0.717) is 5.41 Å². The molecule has 0 aromatic heterocycles. The van der Waals surface area contributed by atoms with E-state index >= 15 is 0 Å². The average Bonchev–Trinajstić information content (AvgIpc) is 2.82. The van der Waals surface area contributed by atoms with Gasteiger partial charge in [-0.2, -0.15) is 11.1 Å². The van der Waals surface area contributed by atoms with E-state index in [4.69, 9.17) is 11.1 Å². The maximum Gasteiger partial charge on any atom is 0.157 e. The van der Waals surface area contributed by atoms with Crippen molar-refractivity contribution < 1.29 is 0 Å². The number of hydrogen-bond donors (Lipinski definition) is 0. The van der Waals surface area contributed by atoms with E-state index in [1.54, 1.807) is 5.57 Å². The van der Waals surface area contributed by atoms with E-state index in [1.165, 1.54) is 44.9 Å². The maximum atomic E-state index is 6.96. The molecule has 2 fully saturated rings. The van der Waals surface area contributed by atoms with Gasteiger partial charge in [0, 0.05) is 0 Å². The third-order valence-corrected chi connectivity index (χ3v) is 10.8. The molecule has 0 aromatic rings. The van der Waals surface area contributed by atoms with E-state index in [0.717, 1.165) is 35.1 Å². The van der Waals surface area contributed by atoms with Gasteiger partial charge < -0.3 is 0 Å². The number of hydrogen-bond acceptors (Lipinski definition) is 0. The molecule has 0 aliphatic heterocycles. The normalized spacial score (nSPS) is 41.0. The molecule has 4 atom stereocenters. The van der Waals surface area contributed by atoms with E-state index in [-0.39, 0.29) is 0 Å². The van der Waals surface area contributed by atoms with E-state index < -0.39 is 7.38 Å². The van der Waals surface area contributed by atoms with Crippen molar-refractivity contribution in [2.45, 2.75) is 91.3 Å². The fourth-order valence-corrected chi connectivity index (χ4v) is 10.3. The Morgan fingerprint density at radius 3 is 2.08 bits per heavy atom. The van der Waals surface area contributed by atoms with Crippen molar-refractivity contribution in [3.63, 3.8) is 0 Å². The van der Waals surface area contributed by atoms with Gasteiger partial charge in [-0.1, -0.05) is 51.9 Å². The van der Waals surface area contributed by atoms with Gasteiger partial charge in [0.25, 0.3) is 0 Å². The highest BCUT2D eigenvalue weighted by Gasteiger charge is 2.49. The minimum absolute atomic E-state index is 0.503. The van der Waals surface area contributed by atoms with Gasteiger partial charge in [-0.15, -0.1) is 0 Å². The summed E-state index contributed by atoms with van der Waals surface area (Å²) >= 11 is 6.96. The molecule has 2 heteroatoms. The molecular weight excluding hydrogens is 328 g/mol. The Hall–Kier alpha value is 0.247. The van der Waals surface area contributed by atoms with Crippen LogP contribution in [0.25, 0.3) is 0 Å². The molecule has 0 heterocycles. The lowest BCUT2D eigenvalue weighted by Crippen LogP contribution is -2.38. The maximum absolute atomic E-state index is 6.96. The molecule has 0 N–H and O–H groups in total. The Balaban J connectivity index is 1.70. The highest BCUT2D eigenvalue weighted by Crippen LogP contribution is 2.58. The Morgan fingerprint density at radius 1 is 0.958 bits per heavy atom. The topological polar surface area (TPSA) is 0 Å². The SMILES string of the molecule is CC1=CC2C(C3CCC(C(C)(C)C)CC3)CCCC2C1[Si](C)(C)Cl. The van der Waals surface area contributed by atoms with Gasteiger partial charge in [0.15, 0.2) is 7.38 Å². The standard InChI is InChI=1S/C22H39ClSi/c1-15-14-20-18(8-7-9-19(20)21(15)24(5,6)23)16-10-12-17(13-11-16)22(2,3)4/h14,16-21H,7-13H2,1-6H3. The zero-order chi connectivity index (χ0) is 17.7. The third kappa shape index (κ3) is 3.68. The summed E-state index contributed by atoms with van der Waals surface area (Å²) < 4.78 is 0. The molecule has 3 rings (SSSR count). The molecule has 4 unspecified atom stereocenters. The summed E-state index contributed by atoms with van der Waals surface area (Å²) in [6.07, 6.45) is 12.9. The van der Waals surface area contributed by atoms with Gasteiger partial charge in [-0.25, -0.2) is 0 Å². The highest BCUT2D eigenvalue weighted by atomic mass is 35.6. The monoisotopic (exact) mass is 366 g/mol. The van der Waals surface area contributed by atoms with Crippen LogP contribution in [-0.4, -0.2) is 7.38 Å². The van der Waals surface area contributed by atoms with Crippen LogP contribution >= 0.6 is 11.1 Å². The molecule has 3 aliphatic rings. The van der Waals surface area contributed by atoms with Crippen LogP contribution in [0.3, 0.4) is 0 Å². The van der Waals surface area contributed by atoms with Crippen LogP contribution in [0.15, 0.2) is 11.6 Å². The highest BCUT2D eigenvalue weighted by molar-refractivity contribution is 7.20. The van der Waals surface area contributed by atoms with E-state index in [2.05, 4.69) is 46.9 Å². The first-order chi connectivity index (χ1) is 11.1. The smallest absolute Gasteiger partial charge is 0.157 e. The van der Waals surface area contributed by atoms with Crippen LogP contribution in [0.1, 0.15) is 72.6 Å². The summed E-state index contributed by atoms with van der Waals surface area (Å²) in [5, 5.41) is 0. The van der Waals surface area contributed by atoms with Crippen LogP contribution in [0.2, 0.25) is 18.6 Å². The van der Waals surface area contributed by atoms with Gasteiger partial charge in [0.2, 0.25) is 0 Å². The zero-order valence-corrected chi connectivity index (χ0v) is 18.6. The predicted molar refractivity (Wildman–Crippen MR) is 110 cm³/mol. The summed E-state index contributed by atoms with van der Waals surface area (Å²) in [6, 6.07) is 0. The average molecular weight is 367 g/mol. The first-order valence-corrected chi connectivity index (χ1v) is 14.5. The fraction of sp³-hybridized carbons (Fsp3) is 0.909. The van der Waals surface area contributed by atoms with Crippen LogP contribution in [0.4, 0.5) is 0 Å². The summed E-state index contributed by atoms with van der Waals surface area (Å²) in [6.45, 7) is 14.4. The molecule has 0 amide bonds. The van der Waals surface area contributed by atoms with Crippen molar-refractivity contribution in [2.24, 2.45) is 35.0 Å². The third-order valence-electron chi connectivity index (χ3n) is 7.78. The lowest BCUT2D eigenvalue weighted by molar-refractivity contribution is 0.0761. The fourth-order valence-electron chi connectivity index (χ4n) is 6.69. The van der Waals surface area contributed by atoms with Crippen molar-refractivity contribution >= 4 is 18.5 Å². The molecular formula is C22H39ClSi. The number of allylic oxidation sites excluding steroid dienone is 2. The molecule has 0 radical (unpaired) electrons. The minimum atomic E-state index is -1.61. The number of halogens is 1. The minimum Gasteiger partial charge on any atom is -0.167 e. The van der Waals surface area contributed by atoms with Gasteiger partial charge in [0.05, 0.1) is 0 Å². The lowest BCUT2D eigenvalue weighted by atomic mass is 9.61. The predicted octanol–water partition coefficient (Wildman–Crippen LogP) is 7.65. The van der Waals surface area contributed by atoms with Crippen molar-refractivity contribution in [3.8, 4) is 0 Å². The quantitative estimate of drug-likeness (QED) is 0.267. The van der Waals surface area contributed by atoms with Crippen molar-refractivity contribution in [3.05, 3.63) is 11.6 Å². The Morgan fingerprint density at radius 2 is 1.54 bits per heavy atom. The second-order valence-corrected chi connectivity index (χ2v) is 17.4. The Labute approximate surface area is 156 Å². The summed E-state index contributed by atoms with van der Waals surface area (Å²) in [4.78, 5) is 0. The Bertz CT molecular complexity index is 473. The molecule has 0 saturated heterocycles. The van der Waals surface area contributed by atoms with Crippen LogP contribution in [0, 0.1) is 35.0 Å². The van der Waals surface area contributed by atoms with Crippen LogP contribution in [-0.2, 0) is 0 Å². The first-order valence-electron chi connectivity index (χ1n) is 10.5. The van der Waals surface area contributed by atoms with Crippen molar-refractivity contribution in [1.82, 2.24) is 0 Å². The van der Waals surface area contributed by atoms with E-state index in [9.17, 15) is 0 Å². The summed E-state index contributed by atoms with van der Waals surface area (Å²) in [7, 11) is -1.61. The molecule has 0 spiro atoms. The second kappa shape index (κ2) is 6.76. The molecule has 0 nitrogen and oxygen atoms in total. The van der Waals surface area contributed by atoms with Gasteiger partial charge in [-0.05, 0) is 86.0 Å². The summed E-state index contributed by atoms with van der Waals surface area (Å²) in [5.74, 6) is 4.61. The van der Waals surface area contributed by atoms with Gasteiger partial charge >= 0.3 is 0 Å². The lowest BCUT2D eigenvalue weighted by Gasteiger charge is -2.45. The van der Waals surface area contributed by atoms with Crippen molar-refractivity contribution in [2.75, 3.05) is 0 Å². The largest absolute Gasteiger partial charge is 0.167 e. The zero-order valence-electron chi connectivity index (χ0n) is 16.9. The van der Waals surface area contributed by atoms with Gasteiger partial charge in [-0.3, -0.25) is 0 Å². The molecule has 2 saturated carbocycles. The molecule has 24 heavy (non-hydrogen) atoms. The molecule has 0 bridgehead atoms. The van der Waals surface area contributed by atoms with E-state index in [1.807, 2.05) is 0 Å². The number of fused-ring (bicyclic) bond motifs is 1. The first kappa shape index (κ1) is 19.0. The van der Waals surface area contributed by atoms with Gasteiger partial charge in [0.1, 0.15) is 0 Å². The Kier molecular flexibility index (Phi) is 5.36. The van der Waals surface area contributed by atoms with Crippen LogP contribution < -0.4 is 0 Å². The summed E-state index contributed by atoms with van der Waals surface area (Å²) in [5.41, 5.74) is 2.88. The number of rotatable bonds is 2. The molecule has 0 aromatic carbocycles. The van der Waals surface area contributed by atoms with Crippen molar-refractivity contribution in [1.29, 1.82) is 0 Å². The molecule has 3 aliphatic carbocycles. The second-order valence-electron chi connectivity index (χ2n) is 10.8.